The molecule has 1 fully saturated rings. The maximum Gasteiger partial charge on any atom is 0.270 e. The van der Waals surface area contributed by atoms with Gasteiger partial charge < -0.3 is 19.1 Å². The second-order valence-corrected chi connectivity index (χ2v) is 7.34. The van der Waals surface area contributed by atoms with Gasteiger partial charge in [-0.05, 0) is 36.6 Å². The molecule has 3 aromatic rings. The fraction of sp³-hybridized carbons (Fsp3) is 0.350. The molecule has 1 aliphatic heterocycles. The Morgan fingerprint density at radius 1 is 1.15 bits per heavy atom. The minimum atomic E-state index is 0.134. The Kier molecular flexibility index (Phi) is 4.59. The van der Waals surface area contributed by atoms with Crippen LogP contribution in [0.15, 0.2) is 41.8 Å². The normalized spacial score (nSPS) is 14.8. The van der Waals surface area contributed by atoms with E-state index in [1.165, 1.54) is 4.70 Å². The summed E-state index contributed by atoms with van der Waals surface area (Å²) in [5.41, 5.74) is 3.06. The number of nitrogens with zero attached hydrogens (tertiary/aromatic N) is 3. The number of thiophene rings is 1. The first kappa shape index (κ1) is 17.0. The molecule has 0 saturated carbocycles. The number of aryl methyl sites for hydroxylation is 1. The predicted molar refractivity (Wildman–Crippen MR) is 107 cm³/mol. The lowest BCUT2D eigenvalue weighted by atomic mass is 10.2. The molecule has 1 aliphatic rings. The van der Waals surface area contributed by atoms with Gasteiger partial charge in [-0.2, -0.15) is 0 Å². The maximum absolute atomic E-state index is 13.1. The van der Waals surface area contributed by atoms with Crippen LogP contribution in [0.1, 0.15) is 17.4 Å². The number of anilines is 1. The van der Waals surface area contributed by atoms with Crippen LogP contribution in [0, 0.1) is 0 Å². The van der Waals surface area contributed by atoms with Gasteiger partial charge in [0.05, 0.1) is 23.0 Å². The number of fused-ring (bicyclic) bond motifs is 1. The van der Waals surface area contributed by atoms with Crippen molar-refractivity contribution in [2.45, 2.75) is 13.5 Å². The Bertz CT molecular complexity index is 922. The summed E-state index contributed by atoms with van der Waals surface area (Å²) < 4.78 is 8.78. The minimum Gasteiger partial charge on any atom is -0.495 e. The Hall–Kier alpha value is -2.47. The molecule has 6 heteroatoms. The first-order valence-corrected chi connectivity index (χ1v) is 9.85. The maximum atomic E-state index is 13.1. The van der Waals surface area contributed by atoms with E-state index in [9.17, 15) is 4.79 Å². The molecule has 26 heavy (non-hydrogen) atoms. The summed E-state index contributed by atoms with van der Waals surface area (Å²) >= 11 is 1.69. The van der Waals surface area contributed by atoms with Gasteiger partial charge >= 0.3 is 0 Å². The number of amides is 1. The third-order valence-electron chi connectivity index (χ3n) is 5.05. The standard InChI is InChI=1S/C20H23N3O2S/c1-3-23-16-8-13-26-19(16)14-17(23)20(24)22-11-9-21(10-12-22)15-6-4-5-7-18(15)25-2/h4-8,13-14H,3,9-12H2,1-2H3. The van der Waals surface area contributed by atoms with Crippen molar-refractivity contribution in [1.29, 1.82) is 0 Å². The molecule has 3 heterocycles. The molecular formula is C20H23N3O2S. The predicted octanol–water partition coefficient (Wildman–Crippen LogP) is 3.69. The highest BCUT2D eigenvalue weighted by Crippen LogP contribution is 2.29. The Morgan fingerprint density at radius 3 is 2.65 bits per heavy atom. The Balaban J connectivity index is 1.50. The van der Waals surface area contributed by atoms with E-state index in [1.54, 1.807) is 18.4 Å². The van der Waals surface area contributed by atoms with Gasteiger partial charge in [-0.1, -0.05) is 12.1 Å². The van der Waals surface area contributed by atoms with Crippen LogP contribution >= 0.6 is 11.3 Å². The van der Waals surface area contributed by atoms with Gasteiger partial charge in [-0.25, -0.2) is 0 Å². The summed E-state index contributed by atoms with van der Waals surface area (Å²) in [6.45, 7) is 5.97. The van der Waals surface area contributed by atoms with Crippen LogP contribution < -0.4 is 9.64 Å². The van der Waals surface area contributed by atoms with Crippen LogP contribution in [0.25, 0.3) is 10.2 Å². The average molecular weight is 369 g/mol. The van der Waals surface area contributed by atoms with Crippen LogP contribution in [0.3, 0.4) is 0 Å². The average Bonchev–Trinajstić information content (AvgIpc) is 3.28. The molecule has 1 saturated heterocycles. The molecule has 136 valence electrons. The van der Waals surface area contributed by atoms with Gasteiger partial charge in [-0.15, -0.1) is 11.3 Å². The Labute approximate surface area is 157 Å². The van der Waals surface area contributed by atoms with Gasteiger partial charge in [-0.3, -0.25) is 4.79 Å². The van der Waals surface area contributed by atoms with Crippen molar-refractivity contribution >= 4 is 33.1 Å². The van der Waals surface area contributed by atoms with Crippen molar-refractivity contribution in [3.05, 3.63) is 47.5 Å². The van der Waals surface area contributed by atoms with Gasteiger partial charge in [0.15, 0.2) is 0 Å². The van der Waals surface area contributed by atoms with Gasteiger partial charge in [0.2, 0.25) is 0 Å². The molecule has 0 aliphatic carbocycles. The molecule has 0 radical (unpaired) electrons. The van der Waals surface area contributed by atoms with Crippen LogP contribution in [-0.2, 0) is 6.54 Å². The topological polar surface area (TPSA) is 37.7 Å². The van der Waals surface area contributed by atoms with Crippen molar-refractivity contribution in [3.63, 3.8) is 0 Å². The van der Waals surface area contributed by atoms with Gasteiger partial charge in [0.25, 0.3) is 5.91 Å². The number of carbonyl (C=O) groups excluding carboxylic acids is 1. The lowest BCUT2D eigenvalue weighted by Crippen LogP contribution is -2.49. The zero-order chi connectivity index (χ0) is 18.1. The summed E-state index contributed by atoms with van der Waals surface area (Å²) in [6, 6.07) is 12.2. The summed E-state index contributed by atoms with van der Waals surface area (Å²) in [4.78, 5) is 17.3. The van der Waals surface area contributed by atoms with Crippen LogP contribution in [0.4, 0.5) is 5.69 Å². The van der Waals surface area contributed by atoms with Gasteiger partial charge in [0, 0.05) is 32.7 Å². The molecule has 1 aromatic carbocycles. The lowest BCUT2D eigenvalue weighted by Gasteiger charge is -2.36. The van der Waals surface area contributed by atoms with E-state index in [1.807, 2.05) is 29.2 Å². The van der Waals surface area contributed by atoms with E-state index in [0.717, 1.165) is 55.4 Å². The van der Waals surface area contributed by atoms with E-state index < -0.39 is 0 Å². The second-order valence-electron chi connectivity index (χ2n) is 6.40. The highest BCUT2D eigenvalue weighted by Gasteiger charge is 2.26. The van der Waals surface area contributed by atoms with Crippen molar-refractivity contribution in [2.75, 3.05) is 38.2 Å². The molecule has 5 nitrogen and oxygen atoms in total. The zero-order valence-electron chi connectivity index (χ0n) is 15.1. The molecule has 2 aromatic heterocycles. The Morgan fingerprint density at radius 2 is 1.92 bits per heavy atom. The number of para-hydroxylation sites is 2. The highest BCUT2D eigenvalue weighted by atomic mass is 32.1. The summed E-state index contributed by atoms with van der Waals surface area (Å²) in [5.74, 6) is 1.02. The summed E-state index contributed by atoms with van der Waals surface area (Å²) in [5, 5.41) is 2.08. The minimum absolute atomic E-state index is 0.134. The van der Waals surface area contributed by atoms with E-state index in [4.69, 9.17) is 4.74 Å². The van der Waals surface area contributed by atoms with E-state index in [2.05, 4.69) is 33.9 Å². The number of methoxy groups -OCH3 is 1. The second kappa shape index (κ2) is 7.03. The monoisotopic (exact) mass is 369 g/mol. The number of hydrogen-bond acceptors (Lipinski definition) is 4. The first-order chi connectivity index (χ1) is 12.7. The lowest BCUT2D eigenvalue weighted by molar-refractivity contribution is 0.0736. The van der Waals surface area contributed by atoms with E-state index >= 15 is 0 Å². The van der Waals surface area contributed by atoms with Crippen molar-refractivity contribution in [3.8, 4) is 5.75 Å². The molecule has 0 atom stereocenters. The largest absolute Gasteiger partial charge is 0.495 e. The molecule has 0 bridgehead atoms. The number of hydrogen-bond donors (Lipinski definition) is 0. The third kappa shape index (κ3) is 2.84. The van der Waals surface area contributed by atoms with Gasteiger partial charge in [0.1, 0.15) is 11.4 Å². The fourth-order valence-electron chi connectivity index (χ4n) is 3.70. The quantitative estimate of drug-likeness (QED) is 0.704. The first-order valence-electron chi connectivity index (χ1n) is 8.97. The number of rotatable bonds is 4. The number of benzene rings is 1. The number of carbonyl (C=O) groups is 1. The number of ether oxygens (including phenoxy) is 1. The van der Waals surface area contributed by atoms with Crippen molar-refractivity contribution in [1.82, 2.24) is 9.47 Å². The molecule has 0 spiro atoms. The number of aromatic nitrogens is 1. The number of piperazine rings is 1. The SMILES string of the molecule is CCn1c(C(=O)N2CCN(c3ccccc3OC)CC2)cc2sccc21. The third-order valence-corrected chi connectivity index (χ3v) is 5.90. The van der Waals surface area contributed by atoms with Crippen LogP contribution in [0.5, 0.6) is 5.75 Å². The highest BCUT2D eigenvalue weighted by molar-refractivity contribution is 7.17. The molecule has 4 rings (SSSR count). The molecule has 0 N–H and O–H groups in total. The summed E-state index contributed by atoms with van der Waals surface area (Å²) in [7, 11) is 1.70. The molecular weight excluding hydrogens is 346 g/mol. The smallest absolute Gasteiger partial charge is 0.270 e. The molecule has 0 unspecified atom stereocenters. The van der Waals surface area contributed by atoms with Crippen molar-refractivity contribution < 1.29 is 9.53 Å². The summed E-state index contributed by atoms with van der Waals surface area (Å²) in [6.07, 6.45) is 0. The fourth-order valence-corrected chi connectivity index (χ4v) is 4.52. The van der Waals surface area contributed by atoms with E-state index in [0.29, 0.717) is 0 Å². The molecule has 1 amide bonds. The van der Waals surface area contributed by atoms with Crippen LogP contribution in [-0.4, -0.2) is 48.7 Å². The van der Waals surface area contributed by atoms with Crippen LogP contribution in [0.2, 0.25) is 0 Å². The van der Waals surface area contributed by atoms with Crippen molar-refractivity contribution in [2.24, 2.45) is 0 Å². The zero-order valence-corrected chi connectivity index (χ0v) is 16.0. The van der Waals surface area contributed by atoms with E-state index in [-0.39, 0.29) is 5.91 Å².